The summed E-state index contributed by atoms with van der Waals surface area (Å²) in [6, 6.07) is 18.3. The first-order valence-corrected chi connectivity index (χ1v) is 13.5. The molecule has 5 heterocycles. The summed E-state index contributed by atoms with van der Waals surface area (Å²) >= 11 is 6.71. The maximum atomic E-state index is 13.6. The number of benzene rings is 3. The molecule has 5 aromatic rings. The molecule has 2 bridgehead atoms. The molecular weight excluding hydrogens is 514 g/mol. The number of halogens is 1. The number of anilines is 1. The Morgan fingerprint density at radius 2 is 1.79 bits per heavy atom. The molecule has 3 saturated heterocycles. The van der Waals surface area contributed by atoms with Gasteiger partial charge in [-0.3, -0.25) is 4.79 Å². The van der Waals surface area contributed by atoms with E-state index in [1.807, 2.05) is 30.3 Å². The van der Waals surface area contributed by atoms with E-state index in [0.29, 0.717) is 27.8 Å². The number of para-hydroxylation sites is 2. The predicted molar refractivity (Wildman–Crippen MR) is 154 cm³/mol. The van der Waals surface area contributed by atoms with E-state index in [4.69, 9.17) is 16.6 Å². The summed E-state index contributed by atoms with van der Waals surface area (Å²) in [5, 5.41) is 14.4. The van der Waals surface area contributed by atoms with Crippen LogP contribution >= 0.6 is 11.6 Å². The Morgan fingerprint density at radius 3 is 2.49 bits per heavy atom. The number of aromatic carboxylic acids is 1. The van der Waals surface area contributed by atoms with Gasteiger partial charge in [-0.1, -0.05) is 35.9 Å². The van der Waals surface area contributed by atoms with Crippen LogP contribution in [0.5, 0.6) is 0 Å². The monoisotopic (exact) mass is 539 g/mol. The van der Waals surface area contributed by atoms with E-state index in [9.17, 15) is 14.7 Å². The molecule has 3 aliphatic heterocycles. The van der Waals surface area contributed by atoms with Crippen molar-refractivity contribution in [3.8, 4) is 22.5 Å². The number of fused-ring (bicyclic) bond motifs is 5. The third-order valence-corrected chi connectivity index (χ3v) is 8.47. The van der Waals surface area contributed by atoms with E-state index in [-0.39, 0.29) is 17.2 Å². The minimum absolute atomic E-state index is 0.203. The first-order valence-electron chi connectivity index (χ1n) is 13.1. The molecule has 0 amide bonds. The molecule has 8 rings (SSSR count). The zero-order valence-electron chi connectivity index (χ0n) is 21.0. The number of rotatable bonds is 5. The topological polar surface area (TPSA) is 114 Å². The van der Waals surface area contributed by atoms with E-state index in [1.165, 1.54) is 0 Å². The normalized spacial score (nSPS) is 20.5. The molecule has 0 spiro atoms. The van der Waals surface area contributed by atoms with Crippen molar-refractivity contribution in [3.63, 3.8) is 0 Å². The molecule has 3 aliphatic rings. The van der Waals surface area contributed by atoms with Crippen molar-refractivity contribution in [2.24, 2.45) is 5.92 Å². The summed E-state index contributed by atoms with van der Waals surface area (Å²) in [5.74, 6) is 0.0526. The Hall–Kier alpha value is -4.14. The van der Waals surface area contributed by atoms with Crippen LogP contribution in [0.2, 0.25) is 5.02 Å². The van der Waals surface area contributed by atoms with Gasteiger partial charge in [-0.15, -0.1) is 0 Å². The van der Waals surface area contributed by atoms with E-state index in [1.54, 1.807) is 30.3 Å². The maximum Gasteiger partial charge on any atom is 0.335 e. The highest BCUT2D eigenvalue weighted by Crippen LogP contribution is 2.39. The van der Waals surface area contributed by atoms with Crippen LogP contribution in [-0.4, -0.2) is 56.6 Å². The number of piperidine rings is 3. The number of carboxylic acid groups (broad SMARTS) is 1. The highest BCUT2D eigenvalue weighted by atomic mass is 35.5. The van der Waals surface area contributed by atoms with Gasteiger partial charge in [0.1, 0.15) is 11.4 Å². The fourth-order valence-electron chi connectivity index (χ4n) is 6.09. The Bertz CT molecular complexity index is 1770. The van der Waals surface area contributed by atoms with Crippen molar-refractivity contribution in [1.29, 1.82) is 0 Å². The van der Waals surface area contributed by atoms with Crippen molar-refractivity contribution in [1.82, 2.24) is 19.9 Å². The van der Waals surface area contributed by atoms with Crippen LogP contribution in [0.3, 0.4) is 0 Å². The lowest BCUT2D eigenvalue weighted by Crippen LogP contribution is -2.53. The molecule has 196 valence electrons. The van der Waals surface area contributed by atoms with Gasteiger partial charge in [-0.05, 0) is 73.8 Å². The van der Waals surface area contributed by atoms with Gasteiger partial charge < -0.3 is 25.3 Å². The molecule has 0 aliphatic carbocycles. The lowest BCUT2D eigenvalue weighted by Gasteiger charge is -2.45. The van der Waals surface area contributed by atoms with Crippen LogP contribution in [0.1, 0.15) is 23.2 Å². The van der Waals surface area contributed by atoms with Crippen molar-refractivity contribution in [2.45, 2.75) is 18.9 Å². The summed E-state index contributed by atoms with van der Waals surface area (Å²) in [4.78, 5) is 38.6. The molecule has 3 aromatic carbocycles. The second-order valence-corrected chi connectivity index (χ2v) is 10.9. The summed E-state index contributed by atoms with van der Waals surface area (Å²) in [6.45, 7) is 3.15. The van der Waals surface area contributed by atoms with Gasteiger partial charge in [-0.25, -0.2) is 9.78 Å². The number of aromatic nitrogens is 3. The fourth-order valence-corrected chi connectivity index (χ4v) is 6.36. The van der Waals surface area contributed by atoms with Crippen LogP contribution < -0.4 is 10.9 Å². The zero-order chi connectivity index (χ0) is 26.7. The Morgan fingerprint density at radius 1 is 1.03 bits per heavy atom. The van der Waals surface area contributed by atoms with Gasteiger partial charge in [0.15, 0.2) is 0 Å². The Balaban J connectivity index is 1.44. The lowest BCUT2D eigenvalue weighted by atomic mass is 9.83. The van der Waals surface area contributed by atoms with Crippen LogP contribution in [0, 0.1) is 5.92 Å². The Labute approximate surface area is 228 Å². The molecule has 4 N–H and O–H groups in total. The van der Waals surface area contributed by atoms with Crippen molar-refractivity contribution >= 4 is 45.2 Å². The number of hydrogen-bond acceptors (Lipinski definition) is 5. The number of pyridine rings is 1. The largest absolute Gasteiger partial charge is 0.478 e. The van der Waals surface area contributed by atoms with E-state index >= 15 is 0 Å². The standard InChI is InChI=1S/C30H26ClN5O3/c31-21-14-24-20(13-19(21)16-5-7-18(8-6-16)30(38)39)27(32-25-15-36-11-9-17(25)10-12-36)26(29(37)35-24)28-33-22-3-1-2-4-23(22)34-28/h1-8,13-14,17,25H,9-12,15H2,(H,33,34)(H,38,39)(H2,32,35,37)/t25-/m0/s1. The average Bonchev–Trinajstić information content (AvgIpc) is 3.37. The van der Waals surface area contributed by atoms with Gasteiger partial charge in [-0.2, -0.15) is 0 Å². The summed E-state index contributed by atoms with van der Waals surface area (Å²) in [6.07, 6.45) is 2.26. The third kappa shape index (κ3) is 4.16. The fraction of sp³-hybridized carbons (Fsp3) is 0.233. The van der Waals surface area contributed by atoms with E-state index in [2.05, 4.69) is 20.2 Å². The van der Waals surface area contributed by atoms with Gasteiger partial charge in [0, 0.05) is 23.5 Å². The summed E-state index contributed by atoms with van der Waals surface area (Å²) < 4.78 is 0. The second kappa shape index (κ2) is 9.25. The average molecular weight is 540 g/mol. The van der Waals surface area contributed by atoms with Crippen molar-refractivity contribution in [3.05, 3.63) is 81.6 Å². The molecule has 0 saturated carbocycles. The number of hydrogen-bond donors (Lipinski definition) is 4. The molecule has 8 nitrogen and oxygen atoms in total. The number of carbonyl (C=O) groups is 1. The molecule has 0 unspecified atom stereocenters. The molecule has 9 heteroatoms. The zero-order valence-corrected chi connectivity index (χ0v) is 21.8. The highest BCUT2D eigenvalue weighted by molar-refractivity contribution is 6.34. The quantitative estimate of drug-likeness (QED) is 0.231. The lowest BCUT2D eigenvalue weighted by molar-refractivity contribution is 0.0697. The smallest absolute Gasteiger partial charge is 0.335 e. The molecule has 39 heavy (non-hydrogen) atoms. The van der Waals surface area contributed by atoms with Gasteiger partial charge in [0.25, 0.3) is 5.56 Å². The Kier molecular flexibility index (Phi) is 5.68. The number of carboxylic acids is 1. The molecule has 1 atom stereocenters. The number of nitrogens with one attached hydrogen (secondary N) is 3. The maximum absolute atomic E-state index is 13.6. The van der Waals surface area contributed by atoms with Crippen LogP contribution in [0.4, 0.5) is 5.69 Å². The summed E-state index contributed by atoms with van der Waals surface area (Å²) in [5.41, 5.74) is 4.96. The van der Waals surface area contributed by atoms with Gasteiger partial charge in [0.05, 0.1) is 32.8 Å². The number of imidazole rings is 1. The second-order valence-electron chi connectivity index (χ2n) is 10.5. The summed E-state index contributed by atoms with van der Waals surface area (Å²) in [7, 11) is 0. The number of nitrogens with zero attached hydrogens (tertiary/aromatic N) is 2. The SMILES string of the molecule is O=C(O)c1ccc(-c2cc3c(N[C@H]4CN5CCC4CC5)c(-c4nc5ccccc5[nH]4)c(=O)[nH]c3cc2Cl)cc1. The van der Waals surface area contributed by atoms with Gasteiger partial charge >= 0.3 is 5.97 Å². The van der Waals surface area contributed by atoms with E-state index < -0.39 is 5.97 Å². The van der Waals surface area contributed by atoms with Gasteiger partial charge in [0.2, 0.25) is 0 Å². The van der Waals surface area contributed by atoms with Crippen molar-refractivity contribution in [2.75, 3.05) is 25.0 Å². The first-order chi connectivity index (χ1) is 18.9. The highest BCUT2D eigenvalue weighted by Gasteiger charge is 2.35. The molecule has 2 aromatic heterocycles. The number of H-pyrrole nitrogens is 2. The minimum Gasteiger partial charge on any atom is -0.478 e. The van der Waals surface area contributed by atoms with Crippen LogP contribution in [-0.2, 0) is 0 Å². The molecular formula is C30H26ClN5O3. The minimum atomic E-state index is -0.983. The number of aromatic amines is 2. The van der Waals surface area contributed by atoms with Crippen molar-refractivity contribution < 1.29 is 9.90 Å². The third-order valence-electron chi connectivity index (χ3n) is 8.16. The van der Waals surface area contributed by atoms with E-state index in [0.717, 1.165) is 65.7 Å². The first kappa shape index (κ1) is 23.9. The van der Waals surface area contributed by atoms with Crippen LogP contribution in [0.15, 0.2) is 65.5 Å². The molecule has 0 radical (unpaired) electrons. The predicted octanol–water partition coefficient (Wildman–Crippen LogP) is 5.60. The molecule has 3 fully saturated rings. The van der Waals surface area contributed by atoms with Crippen LogP contribution in [0.25, 0.3) is 44.5 Å².